The molecule has 1 aromatic rings. The average molecular weight is 237 g/mol. The molecule has 1 aromatic carbocycles. The first-order valence-electron chi connectivity index (χ1n) is 6.50. The molecular formula is C15H24FN. The number of hydrogen-bond donors (Lipinski definition) is 1. The van der Waals surface area contributed by atoms with Crippen LogP contribution < -0.4 is 5.32 Å². The van der Waals surface area contributed by atoms with Crippen molar-refractivity contribution in [3.05, 3.63) is 35.1 Å². The lowest BCUT2D eigenvalue weighted by Gasteiger charge is -2.24. The van der Waals surface area contributed by atoms with Crippen LogP contribution in [0.4, 0.5) is 4.39 Å². The molecule has 1 N–H and O–H groups in total. The van der Waals surface area contributed by atoms with Gasteiger partial charge in [-0.25, -0.2) is 4.39 Å². The second-order valence-corrected chi connectivity index (χ2v) is 4.94. The van der Waals surface area contributed by atoms with Gasteiger partial charge in [0.05, 0.1) is 0 Å². The van der Waals surface area contributed by atoms with Crippen LogP contribution in [0.2, 0.25) is 0 Å². The van der Waals surface area contributed by atoms with Gasteiger partial charge in [-0.3, -0.25) is 0 Å². The van der Waals surface area contributed by atoms with Crippen LogP contribution in [-0.2, 0) is 6.42 Å². The van der Waals surface area contributed by atoms with Crippen LogP contribution in [0.3, 0.4) is 0 Å². The third-order valence-electron chi connectivity index (χ3n) is 3.55. The first-order valence-corrected chi connectivity index (χ1v) is 6.50. The summed E-state index contributed by atoms with van der Waals surface area (Å²) in [6, 6.07) is 5.48. The van der Waals surface area contributed by atoms with Gasteiger partial charge in [-0.05, 0) is 56.0 Å². The highest BCUT2D eigenvalue weighted by Gasteiger charge is 2.16. The summed E-state index contributed by atoms with van der Waals surface area (Å²) in [5.41, 5.74) is 2.29. The van der Waals surface area contributed by atoms with Gasteiger partial charge in [0.25, 0.3) is 0 Å². The van der Waals surface area contributed by atoms with Crippen molar-refractivity contribution in [2.75, 3.05) is 7.05 Å². The average Bonchev–Trinajstić information content (AvgIpc) is 2.30. The number of likely N-dealkylation sites (N-methyl/N-ethyl adjacent to an activating group) is 1. The first kappa shape index (κ1) is 14.2. The summed E-state index contributed by atoms with van der Waals surface area (Å²) in [5.74, 6) is 0.483. The van der Waals surface area contributed by atoms with E-state index in [0.717, 1.165) is 12.0 Å². The molecular weight excluding hydrogens is 213 g/mol. The highest BCUT2D eigenvalue weighted by molar-refractivity contribution is 5.27. The lowest BCUT2D eigenvalue weighted by molar-refractivity contribution is 0.371. The third-order valence-corrected chi connectivity index (χ3v) is 3.55. The molecule has 0 heterocycles. The van der Waals surface area contributed by atoms with E-state index in [-0.39, 0.29) is 5.82 Å². The van der Waals surface area contributed by atoms with Gasteiger partial charge in [0, 0.05) is 6.04 Å². The van der Waals surface area contributed by atoms with Crippen LogP contribution in [0.5, 0.6) is 0 Å². The zero-order valence-electron chi connectivity index (χ0n) is 11.4. The fourth-order valence-electron chi connectivity index (χ4n) is 2.34. The highest BCUT2D eigenvalue weighted by atomic mass is 19.1. The lowest BCUT2D eigenvalue weighted by atomic mass is 9.90. The molecule has 0 aliphatic carbocycles. The van der Waals surface area contributed by atoms with Crippen LogP contribution in [0, 0.1) is 18.7 Å². The zero-order chi connectivity index (χ0) is 12.8. The molecule has 0 saturated heterocycles. The number of aryl methyl sites for hydroxylation is 1. The van der Waals surface area contributed by atoms with Gasteiger partial charge >= 0.3 is 0 Å². The summed E-state index contributed by atoms with van der Waals surface area (Å²) in [4.78, 5) is 0. The maximum Gasteiger partial charge on any atom is 0.123 e. The monoisotopic (exact) mass is 237 g/mol. The molecule has 0 spiro atoms. The number of hydrogen-bond acceptors (Lipinski definition) is 1. The van der Waals surface area contributed by atoms with E-state index in [1.54, 1.807) is 6.07 Å². The summed E-state index contributed by atoms with van der Waals surface area (Å²) >= 11 is 0. The Morgan fingerprint density at radius 3 is 2.65 bits per heavy atom. The Kier molecular flexibility index (Phi) is 5.63. The predicted molar refractivity (Wildman–Crippen MR) is 71.8 cm³/mol. The van der Waals surface area contributed by atoms with Crippen LogP contribution in [0.15, 0.2) is 18.2 Å². The molecule has 17 heavy (non-hydrogen) atoms. The highest BCUT2D eigenvalue weighted by Crippen LogP contribution is 2.18. The van der Waals surface area contributed by atoms with E-state index >= 15 is 0 Å². The standard InChI is InChI=1S/C15H24FN/c1-5-6-12(3)15(17-4)10-13-9-14(16)8-7-11(13)2/h7-9,12,15,17H,5-6,10H2,1-4H3. The van der Waals surface area contributed by atoms with Crippen molar-refractivity contribution in [3.8, 4) is 0 Å². The molecule has 1 rings (SSSR count). The van der Waals surface area contributed by atoms with E-state index in [4.69, 9.17) is 0 Å². The molecule has 0 aromatic heterocycles. The Hall–Kier alpha value is -0.890. The quantitative estimate of drug-likeness (QED) is 0.795. The second-order valence-electron chi connectivity index (χ2n) is 4.94. The van der Waals surface area contributed by atoms with Crippen molar-refractivity contribution in [1.82, 2.24) is 5.32 Å². The van der Waals surface area contributed by atoms with Crippen molar-refractivity contribution in [1.29, 1.82) is 0 Å². The number of halogens is 1. The minimum absolute atomic E-state index is 0.136. The number of rotatable bonds is 6. The van der Waals surface area contributed by atoms with Crippen molar-refractivity contribution in [2.45, 2.75) is 46.1 Å². The molecule has 2 atom stereocenters. The molecule has 96 valence electrons. The van der Waals surface area contributed by atoms with Gasteiger partial charge in [-0.2, -0.15) is 0 Å². The Morgan fingerprint density at radius 1 is 1.35 bits per heavy atom. The third kappa shape index (κ3) is 4.12. The van der Waals surface area contributed by atoms with E-state index in [2.05, 4.69) is 19.2 Å². The maximum absolute atomic E-state index is 13.2. The molecule has 0 radical (unpaired) electrons. The minimum atomic E-state index is -0.136. The Labute approximate surface area is 104 Å². The molecule has 0 amide bonds. The van der Waals surface area contributed by atoms with Crippen LogP contribution in [-0.4, -0.2) is 13.1 Å². The van der Waals surface area contributed by atoms with Gasteiger partial charge in [0.15, 0.2) is 0 Å². The van der Waals surface area contributed by atoms with Crippen molar-refractivity contribution in [3.63, 3.8) is 0 Å². The molecule has 0 aliphatic rings. The van der Waals surface area contributed by atoms with Crippen molar-refractivity contribution in [2.24, 2.45) is 5.92 Å². The summed E-state index contributed by atoms with van der Waals surface area (Å²) in [5, 5.41) is 3.36. The second kappa shape index (κ2) is 6.75. The van der Waals surface area contributed by atoms with E-state index in [1.165, 1.54) is 24.5 Å². The predicted octanol–water partition coefficient (Wildman–Crippen LogP) is 3.70. The Morgan fingerprint density at radius 2 is 2.06 bits per heavy atom. The van der Waals surface area contributed by atoms with Gasteiger partial charge in [-0.1, -0.05) is 26.3 Å². The molecule has 1 nitrogen and oxygen atoms in total. The van der Waals surface area contributed by atoms with Crippen molar-refractivity contribution < 1.29 is 4.39 Å². The SMILES string of the molecule is CCCC(C)C(Cc1cc(F)ccc1C)NC. The van der Waals surface area contributed by atoms with Crippen molar-refractivity contribution >= 4 is 0 Å². The van der Waals surface area contributed by atoms with Gasteiger partial charge in [0.1, 0.15) is 5.82 Å². The van der Waals surface area contributed by atoms with Gasteiger partial charge in [0.2, 0.25) is 0 Å². The summed E-state index contributed by atoms with van der Waals surface area (Å²) in [6.45, 7) is 6.52. The van der Waals surface area contributed by atoms with E-state index in [0.29, 0.717) is 12.0 Å². The Bertz CT molecular complexity index is 349. The van der Waals surface area contributed by atoms with E-state index in [9.17, 15) is 4.39 Å². The van der Waals surface area contributed by atoms with E-state index in [1.807, 2.05) is 20.0 Å². The van der Waals surface area contributed by atoms with E-state index < -0.39 is 0 Å². The molecule has 0 aliphatic heterocycles. The normalized spacial score (nSPS) is 14.6. The topological polar surface area (TPSA) is 12.0 Å². The Balaban J connectivity index is 2.76. The molecule has 2 heteroatoms. The molecule has 0 saturated carbocycles. The number of nitrogens with one attached hydrogen (secondary N) is 1. The molecule has 0 fully saturated rings. The summed E-state index contributed by atoms with van der Waals surface area (Å²) in [7, 11) is 1.99. The number of benzene rings is 1. The van der Waals surface area contributed by atoms with Gasteiger partial charge < -0.3 is 5.32 Å². The molecule has 0 bridgehead atoms. The zero-order valence-corrected chi connectivity index (χ0v) is 11.4. The largest absolute Gasteiger partial charge is 0.316 e. The summed E-state index contributed by atoms with van der Waals surface area (Å²) < 4.78 is 13.2. The smallest absolute Gasteiger partial charge is 0.123 e. The minimum Gasteiger partial charge on any atom is -0.316 e. The summed E-state index contributed by atoms with van der Waals surface area (Å²) in [6.07, 6.45) is 3.31. The fraction of sp³-hybridized carbons (Fsp3) is 0.600. The molecule has 2 unspecified atom stereocenters. The van der Waals surface area contributed by atoms with Crippen LogP contribution >= 0.6 is 0 Å². The van der Waals surface area contributed by atoms with Gasteiger partial charge in [-0.15, -0.1) is 0 Å². The fourth-order valence-corrected chi connectivity index (χ4v) is 2.34. The lowest BCUT2D eigenvalue weighted by Crippen LogP contribution is -2.34. The van der Waals surface area contributed by atoms with Crippen LogP contribution in [0.25, 0.3) is 0 Å². The maximum atomic E-state index is 13.2. The van der Waals surface area contributed by atoms with Crippen LogP contribution in [0.1, 0.15) is 37.8 Å². The first-order chi connectivity index (χ1) is 8.08.